The number of ether oxygens (including phenoxy) is 3. The van der Waals surface area contributed by atoms with Crippen LogP contribution in [0.2, 0.25) is 0 Å². The van der Waals surface area contributed by atoms with Gasteiger partial charge in [-0.15, -0.1) is 0 Å². The van der Waals surface area contributed by atoms with Gasteiger partial charge in [0.1, 0.15) is 11.7 Å². The van der Waals surface area contributed by atoms with Crippen LogP contribution < -0.4 is 0 Å². The molecule has 1 unspecified atom stereocenters. The molecule has 2 fully saturated rings. The summed E-state index contributed by atoms with van der Waals surface area (Å²) in [5.74, 6) is 0. The van der Waals surface area contributed by atoms with Gasteiger partial charge in [-0.25, -0.2) is 4.79 Å². The molecule has 136 valence electrons. The first kappa shape index (κ1) is 17.1. The molecule has 0 aromatic heterocycles. The molecule has 1 amide bonds. The van der Waals surface area contributed by atoms with Crippen LogP contribution in [0.4, 0.5) is 4.79 Å². The van der Waals surface area contributed by atoms with Crippen molar-refractivity contribution in [2.45, 2.75) is 37.8 Å². The van der Waals surface area contributed by atoms with Crippen molar-refractivity contribution in [3.8, 4) is 0 Å². The number of epoxide rings is 1. The molecule has 2 aliphatic rings. The maximum absolute atomic E-state index is 12.7. The fourth-order valence-electron chi connectivity index (χ4n) is 3.74. The van der Waals surface area contributed by atoms with Gasteiger partial charge in [0.25, 0.3) is 0 Å². The Morgan fingerprint density at radius 3 is 2.35 bits per heavy atom. The first-order valence-electron chi connectivity index (χ1n) is 8.99. The molecule has 2 saturated heterocycles. The normalized spacial score (nSPS) is 30.2. The number of benzene rings is 2. The fraction of sp³-hybridized carbons (Fsp3) is 0.381. The Balaban J connectivity index is 1.62. The summed E-state index contributed by atoms with van der Waals surface area (Å²) in [5, 5.41) is 0. The molecular formula is C21H23NO4. The van der Waals surface area contributed by atoms with Crippen LogP contribution in [0.1, 0.15) is 37.1 Å². The zero-order valence-electron chi connectivity index (χ0n) is 15.0. The molecule has 0 radical (unpaired) electrons. The van der Waals surface area contributed by atoms with Crippen molar-refractivity contribution in [1.29, 1.82) is 0 Å². The van der Waals surface area contributed by atoms with Crippen LogP contribution in [0, 0.1) is 0 Å². The van der Waals surface area contributed by atoms with E-state index in [0.717, 1.165) is 11.1 Å². The average Bonchev–Trinajstić information content (AvgIpc) is 3.16. The molecule has 5 heteroatoms. The van der Waals surface area contributed by atoms with Gasteiger partial charge in [0.2, 0.25) is 0 Å². The molecule has 2 heterocycles. The van der Waals surface area contributed by atoms with Gasteiger partial charge in [0, 0.05) is 0 Å². The highest BCUT2D eigenvalue weighted by molar-refractivity contribution is 5.69. The monoisotopic (exact) mass is 353 g/mol. The van der Waals surface area contributed by atoms with E-state index in [0.29, 0.717) is 13.2 Å². The van der Waals surface area contributed by atoms with Gasteiger partial charge in [-0.1, -0.05) is 60.7 Å². The van der Waals surface area contributed by atoms with Crippen LogP contribution in [-0.4, -0.2) is 36.0 Å². The Bertz CT molecular complexity index is 766. The summed E-state index contributed by atoms with van der Waals surface area (Å²) in [6.45, 7) is 4.55. The van der Waals surface area contributed by atoms with Gasteiger partial charge in [0.05, 0.1) is 19.3 Å². The Morgan fingerprint density at radius 1 is 1.12 bits per heavy atom. The minimum absolute atomic E-state index is 0.0971. The first-order chi connectivity index (χ1) is 12.6. The number of hydrogen-bond donors (Lipinski definition) is 0. The van der Waals surface area contributed by atoms with E-state index in [1.807, 2.05) is 74.5 Å². The van der Waals surface area contributed by atoms with E-state index in [4.69, 9.17) is 14.2 Å². The Hall–Kier alpha value is -2.37. The predicted octanol–water partition coefficient (Wildman–Crippen LogP) is 4.07. The van der Waals surface area contributed by atoms with Crippen molar-refractivity contribution < 1.29 is 19.0 Å². The van der Waals surface area contributed by atoms with Crippen LogP contribution >= 0.6 is 0 Å². The maximum atomic E-state index is 12.7. The van der Waals surface area contributed by atoms with Crippen molar-refractivity contribution in [2.75, 3.05) is 13.2 Å². The number of hydrogen-bond acceptors (Lipinski definition) is 4. The van der Waals surface area contributed by atoms with E-state index in [-0.39, 0.29) is 18.2 Å². The van der Waals surface area contributed by atoms with Crippen molar-refractivity contribution in [3.63, 3.8) is 0 Å². The second kappa shape index (κ2) is 6.74. The molecule has 0 saturated carbocycles. The van der Waals surface area contributed by atoms with E-state index < -0.39 is 11.8 Å². The molecule has 2 aliphatic heterocycles. The molecule has 4 rings (SSSR count). The van der Waals surface area contributed by atoms with Gasteiger partial charge in [-0.3, -0.25) is 4.90 Å². The van der Waals surface area contributed by atoms with E-state index in [1.165, 1.54) is 0 Å². The average molecular weight is 353 g/mol. The van der Waals surface area contributed by atoms with Crippen molar-refractivity contribution in [1.82, 2.24) is 4.90 Å². The predicted molar refractivity (Wildman–Crippen MR) is 96.5 cm³/mol. The SMILES string of the molecule is CCOC(=O)N1C([C@]2(C)O[C@H]2c2ccccc2)OC[C@H]1c1ccccc1. The molecule has 0 N–H and O–H groups in total. The van der Waals surface area contributed by atoms with Gasteiger partial charge in [-0.05, 0) is 25.0 Å². The van der Waals surface area contributed by atoms with Gasteiger partial charge >= 0.3 is 6.09 Å². The third-order valence-corrected chi connectivity index (χ3v) is 5.09. The number of nitrogens with zero attached hydrogens (tertiary/aromatic N) is 1. The van der Waals surface area contributed by atoms with Crippen LogP contribution in [0.25, 0.3) is 0 Å². The zero-order chi connectivity index (χ0) is 18.1. The number of carbonyl (C=O) groups is 1. The fourth-order valence-corrected chi connectivity index (χ4v) is 3.74. The summed E-state index contributed by atoms with van der Waals surface area (Å²) in [5.41, 5.74) is 1.53. The second-order valence-corrected chi connectivity index (χ2v) is 6.81. The standard InChI is InChI=1S/C21H23NO4/c1-3-24-20(23)22-17(15-10-6-4-7-11-15)14-25-19(22)21(2)18(26-21)16-12-8-5-9-13-16/h4-13,17-19H,3,14H2,1-2H3/t17-,18-,19?,21+/m0/s1. The smallest absolute Gasteiger partial charge is 0.412 e. The molecule has 2 aromatic rings. The van der Waals surface area contributed by atoms with Crippen molar-refractivity contribution in [3.05, 3.63) is 71.8 Å². The lowest BCUT2D eigenvalue weighted by Gasteiger charge is -2.30. The molecular weight excluding hydrogens is 330 g/mol. The molecule has 5 nitrogen and oxygen atoms in total. The number of amides is 1. The highest BCUT2D eigenvalue weighted by Crippen LogP contribution is 2.55. The third-order valence-electron chi connectivity index (χ3n) is 5.09. The Kier molecular flexibility index (Phi) is 4.42. The largest absolute Gasteiger partial charge is 0.450 e. The molecule has 26 heavy (non-hydrogen) atoms. The molecule has 0 bridgehead atoms. The van der Waals surface area contributed by atoms with Crippen LogP contribution in [0.3, 0.4) is 0 Å². The minimum Gasteiger partial charge on any atom is -0.450 e. The van der Waals surface area contributed by atoms with Crippen LogP contribution in [0.5, 0.6) is 0 Å². The van der Waals surface area contributed by atoms with E-state index >= 15 is 0 Å². The number of rotatable bonds is 4. The maximum Gasteiger partial charge on any atom is 0.412 e. The van der Waals surface area contributed by atoms with E-state index in [9.17, 15) is 4.79 Å². The lowest BCUT2D eigenvalue weighted by atomic mass is 9.98. The van der Waals surface area contributed by atoms with Crippen molar-refractivity contribution >= 4 is 6.09 Å². The Labute approximate surface area is 153 Å². The lowest BCUT2D eigenvalue weighted by Crippen LogP contribution is -2.46. The van der Waals surface area contributed by atoms with Gasteiger partial charge in [-0.2, -0.15) is 0 Å². The zero-order valence-corrected chi connectivity index (χ0v) is 15.0. The summed E-state index contributed by atoms with van der Waals surface area (Å²) in [6.07, 6.45) is -0.954. The van der Waals surface area contributed by atoms with Crippen LogP contribution in [0.15, 0.2) is 60.7 Å². The molecule has 2 aromatic carbocycles. The summed E-state index contributed by atoms with van der Waals surface area (Å²) < 4.78 is 17.4. The molecule has 4 atom stereocenters. The second-order valence-electron chi connectivity index (χ2n) is 6.81. The summed E-state index contributed by atoms with van der Waals surface area (Å²) in [6, 6.07) is 19.8. The molecule has 0 spiro atoms. The Morgan fingerprint density at radius 2 is 1.73 bits per heavy atom. The van der Waals surface area contributed by atoms with Gasteiger partial charge in [0.15, 0.2) is 6.23 Å². The minimum atomic E-state index is -0.586. The third kappa shape index (κ3) is 2.87. The summed E-state index contributed by atoms with van der Waals surface area (Å²) in [4.78, 5) is 14.4. The highest BCUT2D eigenvalue weighted by Gasteiger charge is 2.64. The summed E-state index contributed by atoms with van der Waals surface area (Å²) in [7, 11) is 0. The van der Waals surface area contributed by atoms with Gasteiger partial charge < -0.3 is 14.2 Å². The molecule has 0 aliphatic carbocycles. The van der Waals surface area contributed by atoms with E-state index in [2.05, 4.69) is 0 Å². The number of carbonyl (C=O) groups excluding carboxylic acids is 1. The lowest BCUT2D eigenvalue weighted by molar-refractivity contribution is -0.0243. The topological polar surface area (TPSA) is 51.3 Å². The first-order valence-corrected chi connectivity index (χ1v) is 8.99. The summed E-state index contributed by atoms with van der Waals surface area (Å²) >= 11 is 0. The van der Waals surface area contributed by atoms with E-state index in [1.54, 1.807) is 4.90 Å². The highest BCUT2D eigenvalue weighted by atomic mass is 16.7. The van der Waals surface area contributed by atoms with Crippen LogP contribution in [-0.2, 0) is 14.2 Å². The quantitative estimate of drug-likeness (QED) is 0.778. The van der Waals surface area contributed by atoms with Crippen molar-refractivity contribution in [2.24, 2.45) is 0 Å².